The molecule has 0 unspecified atom stereocenters. The van der Waals surface area contributed by atoms with Gasteiger partial charge in [0.15, 0.2) is 0 Å². The summed E-state index contributed by atoms with van der Waals surface area (Å²) in [4.78, 5) is 20.8. The third-order valence-electron chi connectivity index (χ3n) is 1.63. The lowest BCUT2D eigenvalue weighted by atomic mass is 10.1. The fourth-order valence-electron chi connectivity index (χ4n) is 1.03. The maximum absolute atomic E-state index is 10.8. The van der Waals surface area contributed by atoms with Gasteiger partial charge in [0, 0.05) is 0 Å². The van der Waals surface area contributed by atoms with Crippen molar-refractivity contribution in [2.24, 2.45) is 0 Å². The molecule has 0 aromatic rings. The molecular formula is C11H20N2O6S. The lowest BCUT2D eigenvalue weighted by molar-refractivity contribution is -0.118. The third kappa shape index (κ3) is 14.4. The van der Waals surface area contributed by atoms with E-state index in [-0.39, 0.29) is 12.6 Å². The van der Waals surface area contributed by atoms with Gasteiger partial charge in [-0.1, -0.05) is 13.2 Å². The summed E-state index contributed by atoms with van der Waals surface area (Å²) in [5.74, 6) is -1.37. The summed E-state index contributed by atoms with van der Waals surface area (Å²) < 4.78 is 29.5. The van der Waals surface area contributed by atoms with Crippen LogP contribution in [0, 0.1) is 0 Å². The molecule has 0 aliphatic rings. The molecule has 0 aromatic heterocycles. The Balaban J connectivity index is 0. The van der Waals surface area contributed by atoms with Crippen molar-refractivity contribution in [2.75, 3.05) is 12.5 Å². The molecule has 20 heavy (non-hydrogen) atoms. The Labute approximate surface area is 118 Å². The number of carbonyl (C=O) groups excluding carboxylic acids is 2. The van der Waals surface area contributed by atoms with E-state index in [0.717, 1.165) is 12.2 Å². The fraction of sp³-hybridized carbons (Fsp3) is 0.455. The smallest absolute Gasteiger partial charge is 0.267 e. The molecule has 0 spiro atoms. The number of hydrogen-bond acceptors (Lipinski definition) is 5. The van der Waals surface area contributed by atoms with Crippen LogP contribution in [0.2, 0.25) is 0 Å². The summed E-state index contributed by atoms with van der Waals surface area (Å²) in [7, 11) is -4.08. The van der Waals surface area contributed by atoms with Crippen molar-refractivity contribution in [1.29, 1.82) is 0 Å². The van der Waals surface area contributed by atoms with E-state index < -0.39 is 27.3 Å². The first-order chi connectivity index (χ1) is 8.97. The number of amides is 2. The molecule has 4 N–H and O–H groups in total. The third-order valence-corrected chi connectivity index (χ3v) is 2.72. The minimum absolute atomic E-state index is 0.329. The Kier molecular flexibility index (Phi) is 9.51. The van der Waals surface area contributed by atoms with Crippen molar-refractivity contribution in [2.45, 2.75) is 19.4 Å². The van der Waals surface area contributed by atoms with Crippen LogP contribution in [0.15, 0.2) is 25.3 Å². The molecular weight excluding hydrogens is 288 g/mol. The molecule has 0 atom stereocenters. The second-order valence-corrected chi connectivity index (χ2v) is 5.66. The maximum Gasteiger partial charge on any atom is 0.267 e. The first kappa shape index (κ1) is 20.6. The molecule has 0 heterocycles. The zero-order valence-corrected chi connectivity index (χ0v) is 12.2. The van der Waals surface area contributed by atoms with E-state index in [1.807, 2.05) is 0 Å². The average molecular weight is 308 g/mol. The van der Waals surface area contributed by atoms with E-state index in [9.17, 15) is 18.0 Å². The standard InChI is InChI=1S/C7H13NO4S.C4H7NO2/c1-4-6(9)8-7(2,3)5-13(10,11)12;1-2-4(7)5-3-6/h4H,1,5H2,2-3H3,(H,8,9)(H,10,11,12);2,6H,1,3H2,(H,5,7). The van der Waals surface area contributed by atoms with Crippen LogP contribution in [-0.4, -0.2) is 47.9 Å². The lowest BCUT2D eigenvalue weighted by Crippen LogP contribution is -2.47. The number of carbonyl (C=O) groups is 2. The summed E-state index contributed by atoms with van der Waals surface area (Å²) >= 11 is 0. The summed E-state index contributed by atoms with van der Waals surface area (Å²) in [5, 5.41) is 12.4. The summed E-state index contributed by atoms with van der Waals surface area (Å²) in [6.07, 6.45) is 2.13. The molecule has 9 heteroatoms. The largest absolute Gasteiger partial charge is 0.376 e. The first-order valence-corrected chi connectivity index (χ1v) is 6.99. The van der Waals surface area contributed by atoms with E-state index in [2.05, 4.69) is 23.8 Å². The van der Waals surface area contributed by atoms with Crippen molar-refractivity contribution in [3.8, 4) is 0 Å². The van der Waals surface area contributed by atoms with Gasteiger partial charge in [-0.05, 0) is 26.0 Å². The van der Waals surface area contributed by atoms with Crippen LogP contribution in [-0.2, 0) is 19.7 Å². The molecule has 0 fully saturated rings. The number of aliphatic hydroxyl groups is 1. The Morgan fingerprint density at radius 3 is 1.90 bits per heavy atom. The Bertz CT molecular complexity index is 456. The molecule has 0 saturated heterocycles. The predicted octanol–water partition coefficient (Wildman–Crippen LogP) is -0.807. The molecule has 0 bridgehead atoms. The van der Waals surface area contributed by atoms with E-state index in [1.54, 1.807) is 0 Å². The highest BCUT2D eigenvalue weighted by atomic mass is 32.2. The number of aliphatic hydroxyl groups excluding tert-OH is 1. The van der Waals surface area contributed by atoms with Gasteiger partial charge < -0.3 is 15.7 Å². The second-order valence-electron chi connectivity index (χ2n) is 4.21. The Hall–Kier alpha value is -1.71. The van der Waals surface area contributed by atoms with Crippen LogP contribution in [0.5, 0.6) is 0 Å². The van der Waals surface area contributed by atoms with Crippen LogP contribution in [0.1, 0.15) is 13.8 Å². The normalized spacial score (nSPS) is 10.6. The number of nitrogens with one attached hydrogen (secondary N) is 2. The van der Waals surface area contributed by atoms with Gasteiger partial charge in [0.25, 0.3) is 10.1 Å². The first-order valence-electron chi connectivity index (χ1n) is 5.38. The maximum atomic E-state index is 10.8. The van der Waals surface area contributed by atoms with Crippen LogP contribution >= 0.6 is 0 Å². The highest BCUT2D eigenvalue weighted by Crippen LogP contribution is 2.05. The highest BCUT2D eigenvalue weighted by Gasteiger charge is 2.25. The topological polar surface area (TPSA) is 133 Å². The van der Waals surface area contributed by atoms with E-state index in [4.69, 9.17) is 9.66 Å². The SMILES string of the molecule is C=CC(=O)NC(C)(C)CS(=O)(=O)O.C=CC(=O)NCO. The van der Waals surface area contributed by atoms with Gasteiger partial charge >= 0.3 is 0 Å². The van der Waals surface area contributed by atoms with Gasteiger partial charge in [0.05, 0.1) is 11.3 Å². The Morgan fingerprint density at radius 1 is 1.20 bits per heavy atom. The number of rotatable bonds is 6. The molecule has 0 saturated carbocycles. The van der Waals surface area contributed by atoms with Crippen molar-refractivity contribution < 1.29 is 27.7 Å². The minimum atomic E-state index is -4.08. The van der Waals surface area contributed by atoms with Gasteiger partial charge in [-0.25, -0.2) is 0 Å². The van der Waals surface area contributed by atoms with E-state index >= 15 is 0 Å². The summed E-state index contributed by atoms with van der Waals surface area (Å²) in [6, 6.07) is 0. The quantitative estimate of drug-likeness (QED) is 0.288. The van der Waals surface area contributed by atoms with Gasteiger partial charge in [-0.15, -0.1) is 0 Å². The van der Waals surface area contributed by atoms with Crippen molar-refractivity contribution in [3.63, 3.8) is 0 Å². The minimum Gasteiger partial charge on any atom is -0.376 e. The zero-order chi connectivity index (χ0) is 16.4. The average Bonchev–Trinajstić information content (AvgIpc) is 2.26. The molecule has 116 valence electrons. The van der Waals surface area contributed by atoms with Crippen LogP contribution in [0.25, 0.3) is 0 Å². The van der Waals surface area contributed by atoms with E-state index in [0.29, 0.717) is 0 Å². The van der Waals surface area contributed by atoms with Crippen LogP contribution < -0.4 is 10.6 Å². The fourth-order valence-corrected chi connectivity index (χ4v) is 2.01. The van der Waals surface area contributed by atoms with Crippen LogP contribution in [0.3, 0.4) is 0 Å². The monoisotopic (exact) mass is 308 g/mol. The van der Waals surface area contributed by atoms with Gasteiger partial charge in [-0.3, -0.25) is 14.1 Å². The molecule has 0 aromatic carbocycles. The van der Waals surface area contributed by atoms with Crippen molar-refractivity contribution >= 4 is 21.9 Å². The van der Waals surface area contributed by atoms with Gasteiger partial charge in [0.1, 0.15) is 6.73 Å². The molecule has 0 aliphatic carbocycles. The molecule has 0 radical (unpaired) electrons. The molecule has 8 nitrogen and oxygen atoms in total. The zero-order valence-electron chi connectivity index (χ0n) is 11.4. The highest BCUT2D eigenvalue weighted by molar-refractivity contribution is 7.85. The van der Waals surface area contributed by atoms with Crippen molar-refractivity contribution in [3.05, 3.63) is 25.3 Å². The summed E-state index contributed by atoms with van der Waals surface area (Å²) in [5.41, 5.74) is -1.00. The number of hydrogen-bond donors (Lipinski definition) is 4. The van der Waals surface area contributed by atoms with E-state index in [1.165, 1.54) is 13.8 Å². The van der Waals surface area contributed by atoms with Crippen molar-refractivity contribution in [1.82, 2.24) is 10.6 Å². The lowest BCUT2D eigenvalue weighted by Gasteiger charge is -2.23. The van der Waals surface area contributed by atoms with Crippen LogP contribution in [0.4, 0.5) is 0 Å². The Morgan fingerprint density at radius 2 is 1.65 bits per heavy atom. The van der Waals surface area contributed by atoms with Gasteiger partial charge in [-0.2, -0.15) is 8.42 Å². The van der Waals surface area contributed by atoms with Gasteiger partial charge in [0.2, 0.25) is 11.8 Å². The predicted molar refractivity (Wildman–Crippen MR) is 74.3 cm³/mol. The summed E-state index contributed by atoms with van der Waals surface area (Å²) in [6.45, 7) is 9.02. The second kappa shape index (κ2) is 9.23. The molecule has 2 amide bonds. The molecule has 0 aliphatic heterocycles. The molecule has 0 rings (SSSR count).